The van der Waals surface area contributed by atoms with Gasteiger partial charge in [0.25, 0.3) is 5.69 Å². The molecule has 1 saturated heterocycles. The van der Waals surface area contributed by atoms with Crippen LogP contribution in [0.2, 0.25) is 5.02 Å². The van der Waals surface area contributed by atoms with Crippen molar-refractivity contribution in [2.75, 3.05) is 13.1 Å². The Kier molecular flexibility index (Phi) is 4.19. The van der Waals surface area contributed by atoms with Gasteiger partial charge in [0.05, 0.1) is 15.6 Å². The predicted octanol–water partition coefficient (Wildman–Crippen LogP) is 3.84. The first-order valence-corrected chi connectivity index (χ1v) is 8.01. The third-order valence-electron chi connectivity index (χ3n) is 3.65. The van der Waals surface area contributed by atoms with Crippen LogP contribution in [0.25, 0.3) is 11.3 Å². The lowest BCUT2D eigenvalue weighted by Gasteiger charge is -2.20. The minimum Gasteiger partial charge on any atom is -0.317 e. The summed E-state index contributed by atoms with van der Waals surface area (Å²) in [5.74, 6) is 0.493. The summed E-state index contributed by atoms with van der Waals surface area (Å²) in [5.41, 5.74) is 1.45. The molecule has 110 valence electrons. The zero-order chi connectivity index (χ0) is 14.8. The van der Waals surface area contributed by atoms with Crippen LogP contribution in [0.15, 0.2) is 23.6 Å². The Morgan fingerprint density at radius 1 is 1.38 bits per heavy atom. The molecule has 1 fully saturated rings. The molecule has 1 aromatic carbocycles. The Balaban J connectivity index is 1.89. The van der Waals surface area contributed by atoms with E-state index in [1.54, 1.807) is 23.5 Å². The lowest BCUT2D eigenvalue weighted by molar-refractivity contribution is -0.384. The maximum absolute atomic E-state index is 11.0. The fourth-order valence-corrected chi connectivity index (χ4v) is 3.68. The van der Waals surface area contributed by atoms with Gasteiger partial charge in [0, 0.05) is 22.9 Å². The number of nitrogens with zero attached hydrogens (tertiary/aromatic N) is 2. The molecule has 0 amide bonds. The third-order valence-corrected chi connectivity index (χ3v) is 4.98. The van der Waals surface area contributed by atoms with E-state index in [1.807, 2.05) is 5.38 Å². The van der Waals surface area contributed by atoms with Crippen molar-refractivity contribution in [2.24, 2.45) is 0 Å². The number of piperidine rings is 1. The number of benzene rings is 1. The Labute approximate surface area is 131 Å². The topological polar surface area (TPSA) is 68.1 Å². The van der Waals surface area contributed by atoms with Crippen molar-refractivity contribution in [1.82, 2.24) is 10.3 Å². The zero-order valence-electron chi connectivity index (χ0n) is 11.2. The van der Waals surface area contributed by atoms with E-state index in [2.05, 4.69) is 10.3 Å². The number of thiazole rings is 1. The smallest absolute Gasteiger partial charge is 0.288 e. The molecular formula is C14H14ClN3O2S. The molecule has 2 aromatic rings. The van der Waals surface area contributed by atoms with E-state index in [-0.39, 0.29) is 10.7 Å². The molecule has 1 aliphatic rings. The standard InChI is InChI=1S/C14H14ClN3O2S/c15-11-2-1-10(7-13(11)18(19)20)12-8-21-14(17-12)9-3-5-16-6-4-9/h1-2,7-9,16H,3-6H2. The average Bonchev–Trinajstić information content (AvgIpc) is 2.98. The average molecular weight is 324 g/mol. The maximum Gasteiger partial charge on any atom is 0.288 e. The fraction of sp³-hybridized carbons (Fsp3) is 0.357. The molecule has 0 unspecified atom stereocenters. The molecule has 1 N–H and O–H groups in total. The second kappa shape index (κ2) is 6.09. The summed E-state index contributed by atoms with van der Waals surface area (Å²) in [7, 11) is 0. The fourth-order valence-electron chi connectivity index (χ4n) is 2.49. The van der Waals surface area contributed by atoms with E-state index >= 15 is 0 Å². The summed E-state index contributed by atoms with van der Waals surface area (Å²) in [6.45, 7) is 2.04. The first-order valence-electron chi connectivity index (χ1n) is 6.75. The molecule has 1 aliphatic heterocycles. The van der Waals surface area contributed by atoms with Gasteiger partial charge in [-0.25, -0.2) is 4.98 Å². The molecule has 0 atom stereocenters. The van der Waals surface area contributed by atoms with Crippen LogP contribution in [0.3, 0.4) is 0 Å². The Morgan fingerprint density at radius 2 is 2.14 bits per heavy atom. The number of nitro benzene ring substituents is 1. The van der Waals surface area contributed by atoms with Gasteiger partial charge in [0.15, 0.2) is 0 Å². The molecule has 0 saturated carbocycles. The second-order valence-corrected chi connectivity index (χ2v) is 6.32. The van der Waals surface area contributed by atoms with E-state index in [1.165, 1.54) is 6.07 Å². The lowest BCUT2D eigenvalue weighted by atomic mass is 9.99. The molecule has 0 radical (unpaired) electrons. The van der Waals surface area contributed by atoms with Crippen LogP contribution in [0.5, 0.6) is 0 Å². The minimum absolute atomic E-state index is 0.0782. The molecule has 2 heterocycles. The number of nitro groups is 1. The van der Waals surface area contributed by atoms with E-state index < -0.39 is 4.92 Å². The van der Waals surface area contributed by atoms with Crippen LogP contribution in [0.4, 0.5) is 5.69 Å². The maximum atomic E-state index is 11.0. The van der Waals surface area contributed by atoms with Crippen LogP contribution >= 0.6 is 22.9 Å². The Bertz CT molecular complexity index is 668. The Hall–Kier alpha value is -1.50. The predicted molar refractivity (Wildman–Crippen MR) is 84.1 cm³/mol. The van der Waals surface area contributed by atoms with Crippen molar-refractivity contribution in [3.05, 3.63) is 43.7 Å². The van der Waals surface area contributed by atoms with E-state index in [0.717, 1.165) is 42.2 Å². The summed E-state index contributed by atoms with van der Waals surface area (Å²) in [6.07, 6.45) is 2.18. The van der Waals surface area contributed by atoms with Crippen molar-refractivity contribution < 1.29 is 4.92 Å². The summed E-state index contributed by atoms with van der Waals surface area (Å²) in [6, 6.07) is 4.82. The molecule has 5 nitrogen and oxygen atoms in total. The molecule has 3 rings (SSSR count). The van der Waals surface area contributed by atoms with E-state index in [9.17, 15) is 10.1 Å². The van der Waals surface area contributed by atoms with Gasteiger partial charge < -0.3 is 5.32 Å². The Morgan fingerprint density at radius 3 is 2.86 bits per heavy atom. The van der Waals surface area contributed by atoms with Gasteiger partial charge in [0.2, 0.25) is 0 Å². The number of halogens is 1. The van der Waals surface area contributed by atoms with E-state index in [0.29, 0.717) is 5.92 Å². The van der Waals surface area contributed by atoms with Gasteiger partial charge in [-0.15, -0.1) is 11.3 Å². The van der Waals surface area contributed by atoms with Crippen molar-refractivity contribution in [3.63, 3.8) is 0 Å². The number of aromatic nitrogens is 1. The summed E-state index contributed by atoms with van der Waals surface area (Å²) >= 11 is 7.47. The highest BCUT2D eigenvalue weighted by atomic mass is 35.5. The highest BCUT2D eigenvalue weighted by Crippen LogP contribution is 2.34. The normalized spacial score (nSPS) is 16.0. The monoisotopic (exact) mass is 323 g/mol. The molecular weight excluding hydrogens is 310 g/mol. The van der Waals surface area contributed by atoms with Gasteiger partial charge in [-0.3, -0.25) is 10.1 Å². The molecule has 7 heteroatoms. The molecule has 0 spiro atoms. The molecule has 0 aliphatic carbocycles. The summed E-state index contributed by atoms with van der Waals surface area (Å²) in [4.78, 5) is 15.1. The lowest BCUT2D eigenvalue weighted by Crippen LogP contribution is -2.26. The minimum atomic E-state index is -0.466. The van der Waals surface area contributed by atoms with Crippen molar-refractivity contribution in [1.29, 1.82) is 0 Å². The van der Waals surface area contributed by atoms with Gasteiger partial charge in [-0.1, -0.05) is 17.7 Å². The SMILES string of the molecule is O=[N+]([O-])c1cc(-c2csc(C3CCNCC3)n2)ccc1Cl. The number of hydrogen-bond donors (Lipinski definition) is 1. The number of hydrogen-bond acceptors (Lipinski definition) is 5. The van der Waals surface area contributed by atoms with Crippen LogP contribution < -0.4 is 5.32 Å². The summed E-state index contributed by atoms with van der Waals surface area (Å²) in [5, 5.41) is 17.5. The highest BCUT2D eigenvalue weighted by Gasteiger charge is 2.20. The van der Waals surface area contributed by atoms with E-state index in [4.69, 9.17) is 11.6 Å². The summed E-state index contributed by atoms with van der Waals surface area (Å²) < 4.78 is 0. The van der Waals surface area contributed by atoms with Crippen LogP contribution in [0.1, 0.15) is 23.8 Å². The van der Waals surface area contributed by atoms with Crippen LogP contribution in [-0.2, 0) is 0 Å². The van der Waals surface area contributed by atoms with Crippen molar-refractivity contribution in [3.8, 4) is 11.3 Å². The quantitative estimate of drug-likeness (QED) is 0.688. The molecule has 1 aromatic heterocycles. The molecule has 0 bridgehead atoms. The second-order valence-electron chi connectivity index (χ2n) is 5.02. The third kappa shape index (κ3) is 3.07. The van der Waals surface area contributed by atoms with Crippen molar-refractivity contribution >= 4 is 28.6 Å². The number of nitrogens with one attached hydrogen (secondary N) is 1. The van der Waals surface area contributed by atoms with Crippen molar-refractivity contribution in [2.45, 2.75) is 18.8 Å². The highest BCUT2D eigenvalue weighted by molar-refractivity contribution is 7.10. The van der Waals surface area contributed by atoms with Crippen LogP contribution in [-0.4, -0.2) is 23.0 Å². The number of rotatable bonds is 3. The zero-order valence-corrected chi connectivity index (χ0v) is 12.8. The largest absolute Gasteiger partial charge is 0.317 e. The van der Waals surface area contributed by atoms with Gasteiger partial charge >= 0.3 is 0 Å². The molecule has 21 heavy (non-hydrogen) atoms. The van der Waals surface area contributed by atoms with Gasteiger partial charge in [-0.2, -0.15) is 0 Å². The van der Waals surface area contributed by atoms with Crippen LogP contribution in [0, 0.1) is 10.1 Å². The van der Waals surface area contributed by atoms with Gasteiger partial charge in [0.1, 0.15) is 5.02 Å². The first-order chi connectivity index (χ1) is 10.1. The first kappa shape index (κ1) is 14.4. The van der Waals surface area contributed by atoms with Gasteiger partial charge in [-0.05, 0) is 32.0 Å².